The second-order valence-electron chi connectivity index (χ2n) is 5.51. The summed E-state index contributed by atoms with van der Waals surface area (Å²) in [5.41, 5.74) is 7.21. The van der Waals surface area contributed by atoms with Crippen LogP contribution in [0.4, 0.5) is 4.39 Å². The van der Waals surface area contributed by atoms with E-state index in [0.29, 0.717) is 6.42 Å². The van der Waals surface area contributed by atoms with Crippen LogP contribution in [0.25, 0.3) is 0 Å². The lowest BCUT2D eigenvalue weighted by molar-refractivity contribution is 0.338. The Morgan fingerprint density at radius 3 is 2.44 bits per heavy atom. The number of rotatable bonds is 3. The zero-order chi connectivity index (χ0) is 12.3. The summed E-state index contributed by atoms with van der Waals surface area (Å²) < 4.78 is 13.9. The maximum absolute atomic E-state index is 13.1. The van der Waals surface area contributed by atoms with Gasteiger partial charge in [-0.3, -0.25) is 0 Å². The molecule has 0 fully saturated rings. The van der Waals surface area contributed by atoms with E-state index in [1.807, 2.05) is 6.07 Å². The summed E-state index contributed by atoms with van der Waals surface area (Å²) in [6.07, 6.45) is 1.65. The van der Waals surface area contributed by atoms with E-state index in [2.05, 4.69) is 36.7 Å². The van der Waals surface area contributed by atoms with E-state index in [1.54, 1.807) is 6.07 Å². The second kappa shape index (κ2) is 5.28. The molecule has 1 aromatic carbocycles. The van der Waals surface area contributed by atoms with Gasteiger partial charge in [-0.05, 0) is 42.0 Å². The molecular weight excluding hydrogens is 269 g/mol. The van der Waals surface area contributed by atoms with Crippen LogP contribution in [0.15, 0.2) is 22.7 Å². The minimum absolute atomic E-state index is 0.0775. The molecule has 0 aliphatic rings. The van der Waals surface area contributed by atoms with Crippen molar-refractivity contribution in [1.29, 1.82) is 0 Å². The highest BCUT2D eigenvalue weighted by molar-refractivity contribution is 9.10. The summed E-state index contributed by atoms with van der Waals surface area (Å²) in [5, 5.41) is 0. The van der Waals surface area contributed by atoms with Crippen LogP contribution in [0.3, 0.4) is 0 Å². The fourth-order valence-electron chi connectivity index (χ4n) is 1.89. The van der Waals surface area contributed by atoms with E-state index in [4.69, 9.17) is 5.73 Å². The average Bonchev–Trinajstić information content (AvgIpc) is 1.96. The summed E-state index contributed by atoms with van der Waals surface area (Å²) in [6, 6.07) is 5.01. The largest absolute Gasteiger partial charge is 0.327 e. The van der Waals surface area contributed by atoms with E-state index in [1.165, 1.54) is 6.07 Å². The predicted molar refractivity (Wildman–Crippen MR) is 69.9 cm³/mol. The van der Waals surface area contributed by atoms with Gasteiger partial charge in [-0.1, -0.05) is 36.7 Å². The summed E-state index contributed by atoms with van der Waals surface area (Å²) >= 11 is 3.28. The van der Waals surface area contributed by atoms with Gasteiger partial charge >= 0.3 is 0 Å². The first-order chi connectivity index (χ1) is 7.26. The molecule has 3 heteroatoms. The molecule has 16 heavy (non-hydrogen) atoms. The molecule has 0 spiro atoms. The first-order valence-electron chi connectivity index (χ1n) is 5.47. The van der Waals surface area contributed by atoms with E-state index in [0.717, 1.165) is 16.5 Å². The van der Waals surface area contributed by atoms with Crippen molar-refractivity contribution in [1.82, 2.24) is 0 Å². The highest BCUT2D eigenvalue weighted by atomic mass is 79.9. The lowest BCUT2D eigenvalue weighted by atomic mass is 9.86. The first kappa shape index (κ1) is 13.7. The van der Waals surface area contributed by atoms with Crippen LogP contribution in [-0.4, -0.2) is 6.04 Å². The van der Waals surface area contributed by atoms with Crippen molar-refractivity contribution in [2.45, 2.75) is 39.7 Å². The Kier molecular flexibility index (Phi) is 4.51. The van der Waals surface area contributed by atoms with Crippen molar-refractivity contribution >= 4 is 15.9 Å². The molecule has 0 heterocycles. The van der Waals surface area contributed by atoms with Crippen LogP contribution in [0.5, 0.6) is 0 Å². The molecule has 0 radical (unpaired) electrons. The normalized spacial score (nSPS) is 13.9. The molecule has 1 aromatic rings. The zero-order valence-electron chi connectivity index (χ0n) is 10.1. The Labute approximate surface area is 105 Å². The van der Waals surface area contributed by atoms with Gasteiger partial charge in [0.25, 0.3) is 0 Å². The Morgan fingerprint density at radius 2 is 1.94 bits per heavy atom. The lowest BCUT2D eigenvalue weighted by Gasteiger charge is -2.23. The summed E-state index contributed by atoms with van der Waals surface area (Å²) in [4.78, 5) is 0. The first-order valence-corrected chi connectivity index (χ1v) is 6.26. The molecule has 0 saturated heterocycles. The smallest absolute Gasteiger partial charge is 0.124 e. The fourth-order valence-corrected chi connectivity index (χ4v) is 2.40. The Bertz CT molecular complexity index is 337. The maximum atomic E-state index is 13.1. The molecule has 1 rings (SSSR count). The molecule has 0 amide bonds. The number of hydrogen-bond donors (Lipinski definition) is 1. The van der Waals surface area contributed by atoms with E-state index < -0.39 is 0 Å². The molecule has 0 aliphatic carbocycles. The van der Waals surface area contributed by atoms with Crippen LogP contribution in [0.1, 0.15) is 32.8 Å². The lowest BCUT2D eigenvalue weighted by Crippen LogP contribution is -2.28. The van der Waals surface area contributed by atoms with E-state index in [9.17, 15) is 4.39 Å². The van der Waals surface area contributed by atoms with Crippen LogP contribution in [0.2, 0.25) is 0 Å². The van der Waals surface area contributed by atoms with Crippen molar-refractivity contribution in [2.24, 2.45) is 11.1 Å². The van der Waals surface area contributed by atoms with Gasteiger partial charge in [0.2, 0.25) is 0 Å². The van der Waals surface area contributed by atoms with E-state index in [-0.39, 0.29) is 17.3 Å². The summed E-state index contributed by atoms with van der Waals surface area (Å²) in [7, 11) is 0. The number of benzene rings is 1. The molecule has 1 nitrogen and oxygen atoms in total. The average molecular weight is 288 g/mol. The highest BCUT2D eigenvalue weighted by Crippen LogP contribution is 2.22. The molecule has 1 atom stereocenters. The van der Waals surface area contributed by atoms with Gasteiger partial charge in [-0.25, -0.2) is 4.39 Å². The van der Waals surface area contributed by atoms with Crippen molar-refractivity contribution in [3.8, 4) is 0 Å². The molecular formula is C13H19BrFN. The van der Waals surface area contributed by atoms with Crippen LogP contribution >= 0.6 is 15.9 Å². The van der Waals surface area contributed by atoms with Crippen molar-refractivity contribution in [2.75, 3.05) is 0 Å². The third-order valence-electron chi connectivity index (χ3n) is 2.29. The minimum Gasteiger partial charge on any atom is -0.327 e. The van der Waals surface area contributed by atoms with Gasteiger partial charge in [-0.15, -0.1) is 0 Å². The molecule has 0 aromatic heterocycles. The van der Waals surface area contributed by atoms with Crippen LogP contribution < -0.4 is 5.73 Å². The summed E-state index contributed by atoms with van der Waals surface area (Å²) in [5.74, 6) is -0.215. The molecule has 0 saturated carbocycles. The molecule has 0 bridgehead atoms. The van der Waals surface area contributed by atoms with Gasteiger partial charge in [-0.2, -0.15) is 0 Å². The molecule has 90 valence electrons. The Hall–Kier alpha value is -0.410. The van der Waals surface area contributed by atoms with Crippen molar-refractivity contribution < 1.29 is 4.39 Å². The predicted octanol–water partition coefficient (Wildman–Crippen LogP) is 3.89. The number of hydrogen-bond acceptors (Lipinski definition) is 1. The third-order valence-corrected chi connectivity index (χ3v) is 2.75. The van der Waals surface area contributed by atoms with Crippen molar-refractivity contribution in [3.05, 3.63) is 34.1 Å². The minimum atomic E-state index is -0.215. The second-order valence-corrected chi connectivity index (χ2v) is 6.42. The number of nitrogens with two attached hydrogens (primary N) is 1. The SMILES string of the molecule is CC(C)(C)CC(N)Cc1cc(F)cc(Br)c1. The van der Waals surface area contributed by atoms with Gasteiger partial charge in [0.05, 0.1) is 0 Å². The fraction of sp³-hybridized carbons (Fsp3) is 0.538. The van der Waals surface area contributed by atoms with Gasteiger partial charge in [0.1, 0.15) is 5.82 Å². The molecule has 0 aliphatic heterocycles. The monoisotopic (exact) mass is 287 g/mol. The molecule has 1 unspecified atom stereocenters. The Morgan fingerprint density at radius 1 is 1.31 bits per heavy atom. The van der Waals surface area contributed by atoms with Crippen LogP contribution in [0, 0.1) is 11.2 Å². The summed E-state index contributed by atoms with van der Waals surface area (Å²) in [6.45, 7) is 6.48. The maximum Gasteiger partial charge on any atom is 0.124 e. The topological polar surface area (TPSA) is 26.0 Å². The van der Waals surface area contributed by atoms with Gasteiger partial charge in [0, 0.05) is 10.5 Å². The van der Waals surface area contributed by atoms with E-state index >= 15 is 0 Å². The Balaban J connectivity index is 2.66. The van der Waals surface area contributed by atoms with Crippen LogP contribution in [-0.2, 0) is 6.42 Å². The van der Waals surface area contributed by atoms with Gasteiger partial charge in [0.15, 0.2) is 0 Å². The highest BCUT2D eigenvalue weighted by Gasteiger charge is 2.16. The third kappa shape index (κ3) is 5.08. The standard InChI is InChI=1S/C13H19BrFN/c1-13(2,3)8-12(16)6-9-4-10(14)7-11(15)5-9/h4-5,7,12H,6,8,16H2,1-3H3. The molecule has 2 N–H and O–H groups in total. The number of halogens is 2. The zero-order valence-corrected chi connectivity index (χ0v) is 11.6. The van der Waals surface area contributed by atoms with Crippen molar-refractivity contribution in [3.63, 3.8) is 0 Å². The quantitative estimate of drug-likeness (QED) is 0.897. The van der Waals surface area contributed by atoms with Gasteiger partial charge < -0.3 is 5.73 Å².